The molecule has 1 N–H and O–H groups in total. The third-order valence-corrected chi connectivity index (χ3v) is 2.41. The number of rotatable bonds is 1. The van der Waals surface area contributed by atoms with Crippen molar-refractivity contribution in [2.75, 3.05) is 5.32 Å². The summed E-state index contributed by atoms with van der Waals surface area (Å²) in [5, 5.41) is 11.5. The molecule has 4 heteroatoms. The summed E-state index contributed by atoms with van der Waals surface area (Å²) in [6, 6.07) is 7.79. The minimum absolute atomic E-state index is 0.652. The quantitative estimate of drug-likeness (QED) is 0.534. The Morgan fingerprint density at radius 1 is 1.42 bits per heavy atom. The van der Waals surface area contributed by atoms with Gasteiger partial charge in [0, 0.05) is 0 Å². The van der Waals surface area contributed by atoms with Gasteiger partial charge in [0.25, 0.3) is 0 Å². The van der Waals surface area contributed by atoms with E-state index in [1.54, 1.807) is 0 Å². The fourth-order valence-electron chi connectivity index (χ4n) is 0.973. The highest BCUT2D eigenvalue weighted by molar-refractivity contribution is 7.22. The van der Waals surface area contributed by atoms with Crippen LogP contribution in [0.3, 0.4) is 0 Å². The summed E-state index contributed by atoms with van der Waals surface area (Å²) in [5.74, 6) is 0. The van der Waals surface area contributed by atoms with Gasteiger partial charge in [-0.2, -0.15) is 5.26 Å². The van der Waals surface area contributed by atoms with Crippen LogP contribution in [0.1, 0.15) is 0 Å². The number of nitrogens with one attached hydrogen (secondary N) is 1. The van der Waals surface area contributed by atoms with Crippen LogP contribution in [0.4, 0.5) is 5.13 Å². The summed E-state index contributed by atoms with van der Waals surface area (Å²) in [7, 11) is 0. The van der Waals surface area contributed by atoms with Gasteiger partial charge in [0.1, 0.15) is 0 Å². The first-order chi connectivity index (χ1) is 5.90. The highest BCUT2D eigenvalue weighted by Crippen LogP contribution is 2.24. The van der Waals surface area contributed by atoms with E-state index in [-0.39, 0.29) is 0 Å². The summed E-state index contributed by atoms with van der Waals surface area (Å²) in [5.41, 5.74) is 0.931. The van der Waals surface area contributed by atoms with E-state index in [0.717, 1.165) is 10.2 Å². The molecule has 58 valence electrons. The fourth-order valence-corrected chi connectivity index (χ4v) is 1.79. The molecule has 1 aromatic carbocycles. The summed E-state index contributed by atoms with van der Waals surface area (Å²) >= 11 is 1.48. The number of thiazole rings is 1. The largest absolute Gasteiger partial charge is 0.268 e. The van der Waals surface area contributed by atoms with Crippen LogP contribution in [-0.4, -0.2) is 4.98 Å². The smallest absolute Gasteiger partial charge is 0.197 e. The lowest BCUT2D eigenvalue weighted by Gasteiger charge is -1.81. The standard InChI is InChI=1S/C8H5N3S/c9-5-10-8-11-6-3-1-2-4-7(6)12-8/h1-4H,(H,10,11). The molecule has 0 aliphatic heterocycles. The Bertz CT molecular complexity index is 408. The van der Waals surface area contributed by atoms with E-state index in [0.29, 0.717) is 5.13 Å². The molecular weight excluding hydrogens is 170 g/mol. The summed E-state index contributed by atoms with van der Waals surface area (Å²) in [4.78, 5) is 4.19. The maximum atomic E-state index is 8.35. The highest BCUT2D eigenvalue weighted by atomic mass is 32.1. The molecule has 0 spiro atoms. The zero-order valence-corrected chi connectivity index (χ0v) is 6.93. The van der Waals surface area contributed by atoms with Crippen LogP contribution >= 0.6 is 11.3 Å². The minimum atomic E-state index is 0.652. The number of para-hydroxylation sites is 1. The number of hydrogen-bond donors (Lipinski definition) is 1. The Labute approximate surface area is 73.3 Å². The van der Waals surface area contributed by atoms with E-state index < -0.39 is 0 Å². The zero-order valence-electron chi connectivity index (χ0n) is 6.11. The number of aromatic nitrogens is 1. The molecule has 0 bridgehead atoms. The first-order valence-corrected chi connectivity index (χ1v) is 4.22. The molecule has 0 unspecified atom stereocenters. The molecule has 2 rings (SSSR count). The van der Waals surface area contributed by atoms with E-state index >= 15 is 0 Å². The van der Waals surface area contributed by atoms with Crippen LogP contribution in [-0.2, 0) is 0 Å². The summed E-state index contributed by atoms with van der Waals surface area (Å²) < 4.78 is 1.09. The van der Waals surface area contributed by atoms with Crippen molar-refractivity contribution in [3.63, 3.8) is 0 Å². The maximum Gasteiger partial charge on any atom is 0.197 e. The van der Waals surface area contributed by atoms with Gasteiger partial charge in [0.05, 0.1) is 10.2 Å². The van der Waals surface area contributed by atoms with Crippen LogP contribution in [0.2, 0.25) is 0 Å². The molecule has 3 nitrogen and oxygen atoms in total. The van der Waals surface area contributed by atoms with Crippen molar-refractivity contribution in [3.05, 3.63) is 24.3 Å². The number of nitriles is 1. The number of fused-ring (bicyclic) bond motifs is 1. The molecule has 0 aliphatic carbocycles. The average molecular weight is 175 g/mol. The monoisotopic (exact) mass is 175 g/mol. The molecule has 0 atom stereocenters. The molecule has 1 aromatic heterocycles. The normalized spacial score (nSPS) is 9.58. The summed E-state index contributed by atoms with van der Waals surface area (Å²) in [6.07, 6.45) is 1.84. The molecule has 0 saturated carbocycles. The average Bonchev–Trinajstić information content (AvgIpc) is 2.47. The Hall–Kier alpha value is -1.60. The first kappa shape index (κ1) is 7.07. The lowest BCUT2D eigenvalue weighted by Crippen LogP contribution is -1.83. The second-order valence-electron chi connectivity index (χ2n) is 2.22. The van der Waals surface area contributed by atoms with Crippen molar-refractivity contribution in [2.24, 2.45) is 0 Å². The van der Waals surface area contributed by atoms with Crippen molar-refractivity contribution in [3.8, 4) is 6.19 Å². The highest BCUT2D eigenvalue weighted by Gasteiger charge is 2.00. The van der Waals surface area contributed by atoms with Gasteiger partial charge in [-0.05, 0) is 12.1 Å². The van der Waals surface area contributed by atoms with Crippen LogP contribution in [0, 0.1) is 11.5 Å². The predicted octanol–water partition coefficient (Wildman–Crippen LogP) is 2.19. The molecule has 0 radical (unpaired) electrons. The van der Waals surface area contributed by atoms with Crippen LogP contribution in [0.5, 0.6) is 0 Å². The van der Waals surface area contributed by atoms with Gasteiger partial charge in [-0.3, -0.25) is 5.32 Å². The Balaban J connectivity index is 2.56. The third-order valence-electron chi connectivity index (χ3n) is 1.46. The SMILES string of the molecule is N#CNc1nc2ccccc2s1. The Morgan fingerprint density at radius 2 is 2.25 bits per heavy atom. The van der Waals surface area contributed by atoms with Crippen molar-refractivity contribution < 1.29 is 0 Å². The van der Waals surface area contributed by atoms with Crippen molar-refractivity contribution in [2.45, 2.75) is 0 Å². The van der Waals surface area contributed by atoms with E-state index in [9.17, 15) is 0 Å². The van der Waals surface area contributed by atoms with Crippen molar-refractivity contribution in [1.29, 1.82) is 5.26 Å². The number of hydrogen-bond acceptors (Lipinski definition) is 4. The van der Waals surface area contributed by atoms with Crippen LogP contribution < -0.4 is 5.32 Å². The molecule has 2 aromatic rings. The lowest BCUT2D eigenvalue weighted by molar-refractivity contribution is 1.42. The van der Waals surface area contributed by atoms with Gasteiger partial charge >= 0.3 is 0 Å². The minimum Gasteiger partial charge on any atom is -0.268 e. The predicted molar refractivity (Wildman–Crippen MR) is 48.9 cm³/mol. The van der Waals surface area contributed by atoms with E-state index in [1.165, 1.54) is 11.3 Å². The van der Waals surface area contributed by atoms with Gasteiger partial charge in [-0.25, -0.2) is 4.98 Å². The first-order valence-electron chi connectivity index (χ1n) is 3.41. The summed E-state index contributed by atoms with van der Waals surface area (Å²) in [6.45, 7) is 0. The van der Waals surface area contributed by atoms with Gasteiger partial charge < -0.3 is 0 Å². The molecule has 0 fully saturated rings. The van der Waals surface area contributed by atoms with Crippen LogP contribution in [0.25, 0.3) is 10.2 Å². The number of anilines is 1. The molecule has 0 saturated heterocycles. The van der Waals surface area contributed by atoms with Gasteiger partial charge in [0.2, 0.25) is 0 Å². The molecule has 1 heterocycles. The van der Waals surface area contributed by atoms with E-state index in [2.05, 4.69) is 10.3 Å². The Morgan fingerprint density at radius 3 is 3.00 bits per heavy atom. The Kier molecular flexibility index (Phi) is 1.65. The fraction of sp³-hybridized carbons (Fsp3) is 0. The second-order valence-corrected chi connectivity index (χ2v) is 3.25. The number of nitrogens with zero attached hydrogens (tertiary/aromatic N) is 2. The van der Waals surface area contributed by atoms with Crippen LogP contribution in [0.15, 0.2) is 24.3 Å². The van der Waals surface area contributed by atoms with Gasteiger partial charge in [-0.1, -0.05) is 23.5 Å². The van der Waals surface area contributed by atoms with E-state index in [4.69, 9.17) is 5.26 Å². The van der Waals surface area contributed by atoms with Crippen molar-refractivity contribution in [1.82, 2.24) is 4.98 Å². The van der Waals surface area contributed by atoms with Crippen molar-refractivity contribution >= 4 is 26.7 Å². The number of benzene rings is 1. The third kappa shape index (κ3) is 1.11. The molecular formula is C8H5N3S. The van der Waals surface area contributed by atoms with E-state index in [1.807, 2.05) is 30.5 Å². The molecule has 0 amide bonds. The topological polar surface area (TPSA) is 48.7 Å². The molecule has 0 aliphatic rings. The maximum absolute atomic E-state index is 8.35. The second kappa shape index (κ2) is 2.80. The lowest BCUT2D eigenvalue weighted by atomic mass is 10.3. The zero-order chi connectivity index (χ0) is 8.39. The molecule has 12 heavy (non-hydrogen) atoms. The van der Waals surface area contributed by atoms with Gasteiger partial charge in [0.15, 0.2) is 11.3 Å². The van der Waals surface area contributed by atoms with Gasteiger partial charge in [-0.15, -0.1) is 0 Å².